The van der Waals surface area contributed by atoms with Gasteiger partial charge in [-0.3, -0.25) is 0 Å². The van der Waals surface area contributed by atoms with Crippen molar-refractivity contribution >= 4 is 6.09 Å². The van der Waals surface area contributed by atoms with Crippen molar-refractivity contribution in [1.29, 1.82) is 0 Å². The van der Waals surface area contributed by atoms with Gasteiger partial charge in [-0.25, -0.2) is 4.79 Å². The maximum absolute atomic E-state index is 11.9. The van der Waals surface area contributed by atoms with Gasteiger partial charge in [0.15, 0.2) is 0 Å². The van der Waals surface area contributed by atoms with Crippen molar-refractivity contribution in [1.82, 2.24) is 5.32 Å². The lowest BCUT2D eigenvalue weighted by Crippen LogP contribution is -2.42. The lowest BCUT2D eigenvalue weighted by Gasteiger charge is -2.31. The molecule has 0 unspecified atom stereocenters. The van der Waals surface area contributed by atoms with Gasteiger partial charge >= 0.3 is 6.09 Å². The summed E-state index contributed by atoms with van der Waals surface area (Å²) in [5, 5.41) is 3.02. The molecule has 2 atom stereocenters. The molecular weight excluding hydrogens is 250 g/mol. The maximum Gasteiger partial charge on any atom is 0.407 e. The smallest absolute Gasteiger partial charge is 0.407 e. The number of hydrogen-bond donors (Lipinski definition) is 1. The lowest BCUT2D eigenvalue weighted by atomic mass is 9.82. The second kappa shape index (κ2) is 7.73. The summed E-state index contributed by atoms with van der Waals surface area (Å²) < 4.78 is 5.28. The van der Waals surface area contributed by atoms with Crippen molar-refractivity contribution in [3.05, 3.63) is 48.6 Å². The van der Waals surface area contributed by atoms with Gasteiger partial charge in [0.2, 0.25) is 0 Å². The Balaban J connectivity index is 1.79. The summed E-state index contributed by atoms with van der Waals surface area (Å²) in [6, 6.07) is 9.97. The number of benzene rings is 1. The minimum absolute atomic E-state index is 0.227. The maximum atomic E-state index is 11.9. The first-order valence-corrected chi connectivity index (χ1v) is 7.37. The average molecular weight is 273 g/mol. The molecule has 2 rings (SSSR count). The molecule has 0 radical (unpaired) electrons. The van der Waals surface area contributed by atoms with Crippen LogP contribution in [0.1, 0.15) is 37.7 Å². The van der Waals surface area contributed by atoms with E-state index in [2.05, 4.69) is 11.9 Å². The van der Waals surface area contributed by atoms with E-state index in [9.17, 15) is 4.79 Å². The number of rotatable bonds is 5. The van der Waals surface area contributed by atoms with E-state index in [1.54, 1.807) is 0 Å². The van der Waals surface area contributed by atoms with Crippen LogP contribution in [0.3, 0.4) is 0 Å². The molecule has 1 aromatic rings. The summed E-state index contributed by atoms with van der Waals surface area (Å²) in [5.41, 5.74) is 1.01. The van der Waals surface area contributed by atoms with Crippen molar-refractivity contribution in [2.45, 2.75) is 44.8 Å². The quantitative estimate of drug-likeness (QED) is 0.822. The molecule has 3 heteroatoms. The van der Waals surface area contributed by atoms with Gasteiger partial charge in [-0.2, -0.15) is 0 Å². The third-order valence-corrected chi connectivity index (χ3v) is 3.89. The van der Waals surface area contributed by atoms with Crippen LogP contribution in [0.5, 0.6) is 0 Å². The number of nitrogens with one attached hydrogen (secondary N) is 1. The van der Waals surface area contributed by atoms with E-state index < -0.39 is 0 Å². The first-order chi connectivity index (χ1) is 9.79. The first-order valence-electron chi connectivity index (χ1n) is 7.37. The number of alkyl carbamates (subject to hydrolysis) is 1. The van der Waals surface area contributed by atoms with Crippen LogP contribution < -0.4 is 5.32 Å². The average Bonchev–Trinajstić information content (AvgIpc) is 2.49. The molecule has 1 aliphatic carbocycles. The lowest BCUT2D eigenvalue weighted by molar-refractivity contribution is 0.127. The first kappa shape index (κ1) is 14.6. The number of hydrogen-bond acceptors (Lipinski definition) is 2. The highest BCUT2D eigenvalue weighted by molar-refractivity contribution is 5.67. The van der Waals surface area contributed by atoms with E-state index in [1.807, 2.05) is 36.4 Å². The predicted octanol–water partition coefficient (Wildman–Crippen LogP) is 4.05. The van der Waals surface area contributed by atoms with Crippen LogP contribution in [0, 0.1) is 5.92 Å². The van der Waals surface area contributed by atoms with Crippen LogP contribution in [0.25, 0.3) is 0 Å². The van der Waals surface area contributed by atoms with Gasteiger partial charge < -0.3 is 10.1 Å². The van der Waals surface area contributed by atoms with Crippen LogP contribution in [-0.4, -0.2) is 12.1 Å². The van der Waals surface area contributed by atoms with Crippen LogP contribution in [-0.2, 0) is 11.3 Å². The van der Waals surface area contributed by atoms with Crippen LogP contribution in [0.2, 0.25) is 0 Å². The number of allylic oxidation sites excluding steroid dienone is 1. The zero-order valence-electron chi connectivity index (χ0n) is 11.9. The third-order valence-electron chi connectivity index (χ3n) is 3.89. The largest absolute Gasteiger partial charge is 0.445 e. The van der Waals surface area contributed by atoms with Crippen molar-refractivity contribution in [3.8, 4) is 0 Å². The van der Waals surface area contributed by atoms with E-state index >= 15 is 0 Å². The fourth-order valence-electron chi connectivity index (χ4n) is 2.81. The van der Waals surface area contributed by atoms with E-state index in [0.717, 1.165) is 24.8 Å². The molecular formula is C17H23NO2. The van der Waals surface area contributed by atoms with Crippen LogP contribution in [0.15, 0.2) is 43.0 Å². The van der Waals surface area contributed by atoms with Crippen LogP contribution >= 0.6 is 0 Å². The Hall–Kier alpha value is -1.77. The van der Waals surface area contributed by atoms with Gasteiger partial charge in [0, 0.05) is 6.04 Å². The van der Waals surface area contributed by atoms with Gasteiger partial charge in [0.05, 0.1) is 0 Å². The summed E-state index contributed by atoms with van der Waals surface area (Å²) in [7, 11) is 0. The summed E-state index contributed by atoms with van der Waals surface area (Å²) in [4.78, 5) is 11.9. The Morgan fingerprint density at radius 1 is 1.30 bits per heavy atom. The van der Waals surface area contributed by atoms with Gasteiger partial charge in [-0.1, -0.05) is 49.2 Å². The third kappa shape index (κ3) is 4.41. The molecule has 1 amide bonds. The fourth-order valence-corrected chi connectivity index (χ4v) is 2.81. The number of ether oxygens (including phenoxy) is 1. The minimum atomic E-state index is -0.310. The predicted molar refractivity (Wildman–Crippen MR) is 80.3 cm³/mol. The molecule has 1 aliphatic rings. The van der Waals surface area contributed by atoms with E-state index in [4.69, 9.17) is 4.74 Å². The molecule has 0 spiro atoms. The Morgan fingerprint density at radius 3 is 2.80 bits per heavy atom. The van der Waals surface area contributed by atoms with Gasteiger partial charge in [-0.15, -0.1) is 6.58 Å². The zero-order chi connectivity index (χ0) is 14.2. The molecule has 1 N–H and O–H groups in total. The summed E-state index contributed by atoms with van der Waals surface area (Å²) >= 11 is 0. The highest BCUT2D eigenvalue weighted by atomic mass is 16.5. The molecule has 3 nitrogen and oxygen atoms in total. The monoisotopic (exact) mass is 273 g/mol. The molecule has 0 aliphatic heterocycles. The molecule has 0 bridgehead atoms. The Kier molecular flexibility index (Phi) is 5.66. The molecule has 1 fully saturated rings. The molecule has 20 heavy (non-hydrogen) atoms. The standard InChI is InChI=1S/C17H23NO2/c1-2-8-15-11-6-7-12-16(15)18-17(19)20-13-14-9-4-3-5-10-14/h2-5,9-10,15-16H,1,6-8,11-13H2,(H,18,19)/t15-,16+/m0/s1. The Morgan fingerprint density at radius 2 is 2.05 bits per heavy atom. The number of carbonyl (C=O) groups excluding carboxylic acids is 1. The van der Waals surface area contributed by atoms with Crippen LogP contribution in [0.4, 0.5) is 4.79 Å². The fraction of sp³-hybridized carbons (Fsp3) is 0.471. The normalized spacial score (nSPS) is 22.0. The summed E-state index contributed by atoms with van der Waals surface area (Å²) in [6.45, 7) is 4.13. The molecule has 1 saturated carbocycles. The molecule has 1 aromatic carbocycles. The van der Waals surface area contributed by atoms with Crippen molar-refractivity contribution in [3.63, 3.8) is 0 Å². The van der Waals surface area contributed by atoms with Gasteiger partial charge in [0.1, 0.15) is 6.61 Å². The highest BCUT2D eigenvalue weighted by Crippen LogP contribution is 2.27. The van der Waals surface area contributed by atoms with E-state index in [-0.39, 0.29) is 12.1 Å². The van der Waals surface area contributed by atoms with Crippen molar-refractivity contribution < 1.29 is 9.53 Å². The Bertz CT molecular complexity index is 430. The number of amides is 1. The minimum Gasteiger partial charge on any atom is -0.445 e. The highest BCUT2D eigenvalue weighted by Gasteiger charge is 2.25. The molecule has 0 heterocycles. The van der Waals surface area contributed by atoms with Gasteiger partial charge in [0.25, 0.3) is 0 Å². The van der Waals surface area contributed by atoms with E-state index in [0.29, 0.717) is 12.5 Å². The molecule has 0 aromatic heterocycles. The molecule has 0 saturated heterocycles. The van der Waals surface area contributed by atoms with Crippen molar-refractivity contribution in [2.24, 2.45) is 5.92 Å². The second-order valence-corrected chi connectivity index (χ2v) is 5.38. The zero-order valence-corrected chi connectivity index (χ0v) is 11.9. The summed E-state index contributed by atoms with van der Waals surface area (Å²) in [5.74, 6) is 0.505. The van der Waals surface area contributed by atoms with Gasteiger partial charge in [-0.05, 0) is 30.7 Å². The topological polar surface area (TPSA) is 38.3 Å². The SMILES string of the molecule is C=CC[C@H]1CCCC[C@H]1NC(=O)OCc1ccccc1. The summed E-state index contributed by atoms with van der Waals surface area (Å²) in [6.07, 6.45) is 7.22. The molecule has 108 valence electrons. The second-order valence-electron chi connectivity index (χ2n) is 5.38. The Labute approximate surface area is 121 Å². The number of carbonyl (C=O) groups is 1. The van der Waals surface area contributed by atoms with Crippen molar-refractivity contribution in [2.75, 3.05) is 0 Å². The van der Waals surface area contributed by atoms with E-state index in [1.165, 1.54) is 12.8 Å².